The van der Waals surface area contributed by atoms with Crippen LogP contribution < -0.4 is 15.8 Å². The number of amides is 1. The number of rotatable bonds is 4. The quantitative estimate of drug-likeness (QED) is 0.895. The smallest absolute Gasteiger partial charge is 0.237 e. The number of nitrogens with two attached hydrogens (primary N) is 1. The number of ether oxygens (including phenoxy) is 1. The molecule has 0 radical (unpaired) electrons. The van der Waals surface area contributed by atoms with Crippen molar-refractivity contribution in [1.29, 1.82) is 0 Å². The second-order valence-corrected chi connectivity index (χ2v) is 6.24. The SMILES string of the molecule is CNC1(C(N)=O)CCCC(Oc2cc(C)cc(C)c2C)C1. The summed E-state index contributed by atoms with van der Waals surface area (Å²) in [4.78, 5) is 11.8. The summed E-state index contributed by atoms with van der Waals surface area (Å²) in [5.41, 5.74) is 8.55. The van der Waals surface area contributed by atoms with E-state index in [9.17, 15) is 4.79 Å². The van der Waals surface area contributed by atoms with Gasteiger partial charge in [-0.25, -0.2) is 0 Å². The van der Waals surface area contributed by atoms with Gasteiger partial charge in [0.1, 0.15) is 17.4 Å². The van der Waals surface area contributed by atoms with E-state index in [0.29, 0.717) is 6.42 Å². The largest absolute Gasteiger partial charge is 0.490 e. The minimum Gasteiger partial charge on any atom is -0.490 e. The van der Waals surface area contributed by atoms with E-state index in [1.165, 1.54) is 16.7 Å². The van der Waals surface area contributed by atoms with Crippen molar-refractivity contribution in [2.24, 2.45) is 5.73 Å². The third-order valence-electron chi connectivity index (χ3n) is 4.71. The second kappa shape index (κ2) is 6.06. The minimum absolute atomic E-state index is 0.0265. The van der Waals surface area contributed by atoms with Gasteiger partial charge in [0.05, 0.1) is 0 Å². The van der Waals surface area contributed by atoms with E-state index in [1.54, 1.807) is 7.05 Å². The van der Waals surface area contributed by atoms with Crippen LogP contribution in [0.3, 0.4) is 0 Å². The molecule has 1 amide bonds. The molecule has 4 nitrogen and oxygen atoms in total. The number of aryl methyl sites for hydroxylation is 2. The maximum Gasteiger partial charge on any atom is 0.237 e. The Morgan fingerprint density at radius 2 is 2.10 bits per heavy atom. The maximum atomic E-state index is 11.8. The highest BCUT2D eigenvalue weighted by molar-refractivity contribution is 5.84. The van der Waals surface area contributed by atoms with Crippen molar-refractivity contribution in [3.05, 3.63) is 28.8 Å². The summed E-state index contributed by atoms with van der Waals surface area (Å²) < 4.78 is 6.21. The molecular formula is C17H26N2O2. The molecule has 1 aliphatic carbocycles. The number of benzene rings is 1. The minimum atomic E-state index is -0.629. The number of nitrogens with one attached hydrogen (secondary N) is 1. The Hall–Kier alpha value is -1.55. The van der Waals surface area contributed by atoms with Gasteiger partial charge in [-0.15, -0.1) is 0 Å². The first kappa shape index (κ1) is 15.8. The highest BCUT2D eigenvalue weighted by Crippen LogP contribution is 2.32. The molecule has 21 heavy (non-hydrogen) atoms. The Morgan fingerprint density at radius 1 is 1.38 bits per heavy atom. The number of hydrogen-bond donors (Lipinski definition) is 2. The van der Waals surface area contributed by atoms with Crippen LogP contribution in [0.15, 0.2) is 12.1 Å². The fourth-order valence-electron chi connectivity index (χ4n) is 3.20. The number of carbonyl (C=O) groups excluding carboxylic acids is 1. The Kier molecular flexibility index (Phi) is 4.57. The first-order valence-electron chi connectivity index (χ1n) is 7.61. The summed E-state index contributed by atoms with van der Waals surface area (Å²) in [6.45, 7) is 6.24. The van der Waals surface area contributed by atoms with E-state index in [0.717, 1.165) is 25.0 Å². The van der Waals surface area contributed by atoms with Crippen LogP contribution in [0, 0.1) is 20.8 Å². The van der Waals surface area contributed by atoms with Crippen molar-refractivity contribution in [2.45, 2.75) is 58.1 Å². The summed E-state index contributed by atoms with van der Waals surface area (Å²) in [5.74, 6) is 0.643. The number of primary amides is 1. The van der Waals surface area contributed by atoms with Crippen LogP contribution in [0.4, 0.5) is 0 Å². The predicted octanol–water partition coefficient (Wildman–Crippen LogP) is 2.38. The highest BCUT2D eigenvalue weighted by Gasteiger charge is 2.41. The van der Waals surface area contributed by atoms with Crippen molar-refractivity contribution in [3.63, 3.8) is 0 Å². The zero-order valence-electron chi connectivity index (χ0n) is 13.5. The molecule has 0 aliphatic heterocycles. The molecule has 2 rings (SSSR count). The molecule has 1 fully saturated rings. The molecule has 1 saturated carbocycles. The molecule has 0 heterocycles. The van der Waals surface area contributed by atoms with Crippen LogP contribution in [-0.2, 0) is 4.79 Å². The van der Waals surface area contributed by atoms with Crippen LogP contribution in [0.5, 0.6) is 5.75 Å². The summed E-state index contributed by atoms with van der Waals surface area (Å²) in [5, 5.41) is 3.12. The number of carbonyl (C=O) groups is 1. The van der Waals surface area contributed by atoms with Gasteiger partial charge in [0.15, 0.2) is 0 Å². The molecule has 116 valence electrons. The van der Waals surface area contributed by atoms with Crippen LogP contribution in [0.1, 0.15) is 42.4 Å². The maximum absolute atomic E-state index is 11.8. The van der Waals surface area contributed by atoms with Gasteiger partial charge in [-0.3, -0.25) is 4.79 Å². The molecule has 4 heteroatoms. The third kappa shape index (κ3) is 3.21. The second-order valence-electron chi connectivity index (χ2n) is 6.24. The van der Waals surface area contributed by atoms with Gasteiger partial charge in [-0.1, -0.05) is 6.07 Å². The zero-order valence-corrected chi connectivity index (χ0v) is 13.5. The van der Waals surface area contributed by atoms with Crippen LogP contribution >= 0.6 is 0 Å². The van der Waals surface area contributed by atoms with Crippen molar-refractivity contribution in [3.8, 4) is 5.75 Å². The van der Waals surface area contributed by atoms with Crippen LogP contribution in [-0.4, -0.2) is 24.6 Å². The van der Waals surface area contributed by atoms with Gasteiger partial charge in [0.25, 0.3) is 0 Å². The van der Waals surface area contributed by atoms with Gasteiger partial charge in [0, 0.05) is 6.42 Å². The zero-order chi connectivity index (χ0) is 15.6. The van der Waals surface area contributed by atoms with Gasteiger partial charge >= 0.3 is 0 Å². The number of hydrogen-bond acceptors (Lipinski definition) is 3. The van der Waals surface area contributed by atoms with Gasteiger partial charge in [0.2, 0.25) is 5.91 Å². The Labute approximate surface area is 127 Å². The summed E-state index contributed by atoms with van der Waals surface area (Å²) in [7, 11) is 1.80. The molecule has 0 spiro atoms. The summed E-state index contributed by atoms with van der Waals surface area (Å²) in [6, 6.07) is 4.23. The molecule has 0 aromatic heterocycles. The lowest BCUT2D eigenvalue weighted by Gasteiger charge is -2.38. The van der Waals surface area contributed by atoms with Crippen LogP contribution in [0.25, 0.3) is 0 Å². The van der Waals surface area contributed by atoms with Crippen molar-refractivity contribution in [2.75, 3.05) is 7.05 Å². The topological polar surface area (TPSA) is 64.3 Å². The molecule has 2 atom stereocenters. The Bertz CT molecular complexity index is 542. The normalized spacial score (nSPS) is 25.6. The first-order valence-corrected chi connectivity index (χ1v) is 7.61. The average Bonchev–Trinajstić information content (AvgIpc) is 2.44. The molecular weight excluding hydrogens is 264 g/mol. The predicted molar refractivity (Wildman–Crippen MR) is 84.5 cm³/mol. The van der Waals surface area contributed by atoms with Crippen molar-refractivity contribution < 1.29 is 9.53 Å². The van der Waals surface area contributed by atoms with Crippen molar-refractivity contribution >= 4 is 5.91 Å². The van der Waals surface area contributed by atoms with E-state index >= 15 is 0 Å². The van der Waals surface area contributed by atoms with Gasteiger partial charge in [-0.2, -0.15) is 0 Å². The monoisotopic (exact) mass is 290 g/mol. The molecule has 1 aliphatic rings. The molecule has 0 saturated heterocycles. The molecule has 0 bridgehead atoms. The Morgan fingerprint density at radius 3 is 2.71 bits per heavy atom. The van der Waals surface area contributed by atoms with E-state index in [2.05, 4.69) is 38.2 Å². The van der Waals surface area contributed by atoms with Gasteiger partial charge < -0.3 is 15.8 Å². The number of likely N-dealkylation sites (N-methyl/N-ethyl adjacent to an activating group) is 1. The molecule has 2 unspecified atom stereocenters. The van der Waals surface area contributed by atoms with E-state index in [-0.39, 0.29) is 12.0 Å². The summed E-state index contributed by atoms with van der Waals surface area (Å²) in [6.07, 6.45) is 3.34. The first-order chi connectivity index (χ1) is 9.88. The van der Waals surface area contributed by atoms with Crippen molar-refractivity contribution in [1.82, 2.24) is 5.32 Å². The van der Waals surface area contributed by atoms with E-state index < -0.39 is 5.54 Å². The lowest BCUT2D eigenvalue weighted by Crippen LogP contribution is -2.58. The molecule has 1 aromatic rings. The van der Waals surface area contributed by atoms with E-state index in [4.69, 9.17) is 10.5 Å². The lowest BCUT2D eigenvalue weighted by molar-refractivity contribution is -0.126. The third-order valence-corrected chi connectivity index (χ3v) is 4.71. The summed E-state index contributed by atoms with van der Waals surface area (Å²) >= 11 is 0. The lowest BCUT2D eigenvalue weighted by atomic mass is 9.79. The highest BCUT2D eigenvalue weighted by atomic mass is 16.5. The van der Waals surface area contributed by atoms with E-state index in [1.807, 2.05) is 0 Å². The average molecular weight is 290 g/mol. The fourth-order valence-corrected chi connectivity index (χ4v) is 3.20. The Balaban J connectivity index is 2.19. The standard InChI is InChI=1S/C17H26N2O2/c1-11-8-12(2)13(3)15(9-11)21-14-6-5-7-17(10-14,19-4)16(18)20/h8-9,14,19H,5-7,10H2,1-4H3,(H2,18,20). The fraction of sp³-hybridized carbons (Fsp3) is 0.588. The van der Waals surface area contributed by atoms with Crippen LogP contribution in [0.2, 0.25) is 0 Å². The molecule has 1 aromatic carbocycles. The molecule has 3 N–H and O–H groups in total. The van der Waals surface area contributed by atoms with Gasteiger partial charge in [-0.05, 0) is 69.8 Å².